The number of aromatic nitrogens is 3. The smallest absolute Gasteiger partial charge is 0.152 e. The number of ether oxygens (including phenoxy) is 1. The maximum Gasteiger partial charge on any atom is 0.152 e. The SMILES string of the molecule is CCOCc1nc2c(N)nc3ccsc3c2n1Cc1ccc(CCl)cc1. The highest BCUT2D eigenvalue weighted by molar-refractivity contribution is 7.18. The zero-order valence-corrected chi connectivity index (χ0v) is 16.0. The van der Waals surface area contributed by atoms with Gasteiger partial charge < -0.3 is 15.0 Å². The molecule has 7 heteroatoms. The lowest BCUT2D eigenvalue weighted by molar-refractivity contribution is 0.126. The predicted molar refractivity (Wildman–Crippen MR) is 108 cm³/mol. The number of rotatable bonds is 6. The van der Waals surface area contributed by atoms with Gasteiger partial charge in [0.2, 0.25) is 0 Å². The molecular formula is C19H19ClN4OS. The van der Waals surface area contributed by atoms with Gasteiger partial charge in [0.15, 0.2) is 5.82 Å². The third-order valence-corrected chi connectivity index (χ3v) is 5.56. The van der Waals surface area contributed by atoms with Crippen molar-refractivity contribution >= 4 is 50.0 Å². The first kappa shape index (κ1) is 17.3. The van der Waals surface area contributed by atoms with Gasteiger partial charge in [0, 0.05) is 19.0 Å². The van der Waals surface area contributed by atoms with Gasteiger partial charge in [0.05, 0.1) is 15.7 Å². The van der Waals surface area contributed by atoms with Crippen LogP contribution in [0.1, 0.15) is 23.9 Å². The van der Waals surface area contributed by atoms with Gasteiger partial charge in [0.1, 0.15) is 17.9 Å². The van der Waals surface area contributed by atoms with Crippen LogP contribution in [0.3, 0.4) is 0 Å². The Bertz CT molecular complexity index is 1050. The quantitative estimate of drug-likeness (QED) is 0.493. The number of hydrogen-bond donors (Lipinski definition) is 1. The minimum absolute atomic E-state index is 0.442. The maximum absolute atomic E-state index is 6.19. The van der Waals surface area contributed by atoms with Crippen molar-refractivity contribution in [3.05, 3.63) is 52.7 Å². The molecule has 0 spiro atoms. The maximum atomic E-state index is 6.19. The van der Waals surface area contributed by atoms with E-state index in [1.807, 2.05) is 18.4 Å². The number of imidazole rings is 1. The number of halogens is 1. The molecule has 5 nitrogen and oxygen atoms in total. The van der Waals surface area contributed by atoms with E-state index in [1.54, 1.807) is 11.3 Å². The molecule has 0 bridgehead atoms. The number of nitrogens with zero attached hydrogens (tertiary/aromatic N) is 3. The second-order valence-corrected chi connectivity index (χ2v) is 7.21. The summed E-state index contributed by atoms with van der Waals surface area (Å²) < 4.78 is 8.93. The average Bonchev–Trinajstić information content (AvgIpc) is 3.25. The number of fused-ring (bicyclic) bond motifs is 3. The number of anilines is 1. The fourth-order valence-corrected chi connectivity index (χ4v) is 4.11. The molecule has 0 aliphatic rings. The van der Waals surface area contributed by atoms with E-state index >= 15 is 0 Å². The molecule has 0 atom stereocenters. The van der Waals surface area contributed by atoms with Crippen LogP contribution in [0, 0.1) is 0 Å². The monoisotopic (exact) mass is 386 g/mol. The van der Waals surface area contributed by atoms with Crippen LogP contribution in [-0.2, 0) is 23.8 Å². The summed E-state index contributed by atoms with van der Waals surface area (Å²) in [4.78, 5) is 9.23. The standard InChI is InChI=1S/C19H19ClN4OS/c1-2-25-11-15-23-16-17(18-14(7-8-26-18)22-19(16)21)24(15)10-13-5-3-12(9-20)4-6-13/h3-8H,2,9-11H2,1H3,(H2,21,22). The molecule has 0 fully saturated rings. The van der Waals surface area contributed by atoms with E-state index in [9.17, 15) is 0 Å². The van der Waals surface area contributed by atoms with Crippen molar-refractivity contribution < 1.29 is 4.74 Å². The third kappa shape index (κ3) is 3.05. The van der Waals surface area contributed by atoms with Gasteiger partial charge in [-0.1, -0.05) is 24.3 Å². The summed E-state index contributed by atoms with van der Waals surface area (Å²) in [6, 6.07) is 10.3. The van der Waals surface area contributed by atoms with Crippen molar-refractivity contribution in [2.24, 2.45) is 0 Å². The minimum Gasteiger partial charge on any atom is -0.382 e. The molecule has 1 aromatic carbocycles. The van der Waals surface area contributed by atoms with Crippen molar-refractivity contribution in [1.82, 2.24) is 14.5 Å². The molecule has 0 amide bonds. The number of alkyl halides is 1. The molecule has 3 heterocycles. The molecule has 26 heavy (non-hydrogen) atoms. The lowest BCUT2D eigenvalue weighted by atomic mass is 10.1. The number of nitrogen functional groups attached to an aromatic ring is 1. The van der Waals surface area contributed by atoms with E-state index in [0.717, 1.165) is 32.6 Å². The molecule has 4 rings (SSSR count). The lowest BCUT2D eigenvalue weighted by Crippen LogP contribution is -2.07. The van der Waals surface area contributed by atoms with Crippen LogP contribution < -0.4 is 5.73 Å². The van der Waals surface area contributed by atoms with E-state index < -0.39 is 0 Å². The Morgan fingerprint density at radius 1 is 1.15 bits per heavy atom. The summed E-state index contributed by atoms with van der Waals surface area (Å²) in [6.07, 6.45) is 0. The fraction of sp³-hybridized carbons (Fsp3) is 0.263. The van der Waals surface area contributed by atoms with E-state index in [1.165, 1.54) is 5.56 Å². The second-order valence-electron chi connectivity index (χ2n) is 6.03. The highest BCUT2D eigenvalue weighted by atomic mass is 35.5. The van der Waals surface area contributed by atoms with Crippen LogP contribution in [0.25, 0.3) is 21.3 Å². The first-order valence-electron chi connectivity index (χ1n) is 8.44. The van der Waals surface area contributed by atoms with Gasteiger partial charge >= 0.3 is 0 Å². The number of benzene rings is 1. The summed E-state index contributed by atoms with van der Waals surface area (Å²) >= 11 is 7.56. The summed E-state index contributed by atoms with van der Waals surface area (Å²) in [6.45, 7) is 3.75. The van der Waals surface area contributed by atoms with Crippen molar-refractivity contribution in [1.29, 1.82) is 0 Å². The normalized spacial score (nSPS) is 11.6. The van der Waals surface area contributed by atoms with E-state index in [2.05, 4.69) is 33.8 Å². The Kier molecular flexibility index (Phi) is 4.80. The van der Waals surface area contributed by atoms with Gasteiger partial charge in [-0.05, 0) is 29.5 Å². The Labute approximate surface area is 160 Å². The minimum atomic E-state index is 0.442. The Balaban J connectivity index is 1.88. The van der Waals surface area contributed by atoms with Crippen LogP contribution in [-0.4, -0.2) is 21.1 Å². The highest BCUT2D eigenvalue weighted by Gasteiger charge is 2.18. The Hall–Kier alpha value is -2.15. The summed E-state index contributed by atoms with van der Waals surface area (Å²) in [5.41, 5.74) is 11.1. The molecule has 0 saturated carbocycles. The summed E-state index contributed by atoms with van der Waals surface area (Å²) in [5.74, 6) is 1.83. The third-order valence-electron chi connectivity index (χ3n) is 4.34. The average molecular weight is 387 g/mol. The van der Waals surface area contributed by atoms with E-state index in [-0.39, 0.29) is 0 Å². The van der Waals surface area contributed by atoms with Crippen LogP contribution >= 0.6 is 22.9 Å². The lowest BCUT2D eigenvalue weighted by Gasteiger charge is -2.10. The molecular weight excluding hydrogens is 368 g/mol. The molecule has 0 saturated heterocycles. The molecule has 134 valence electrons. The van der Waals surface area contributed by atoms with Crippen molar-refractivity contribution in [3.63, 3.8) is 0 Å². The van der Waals surface area contributed by atoms with Crippen LogP contribution in [0.2, 0.25) is 0 Å². The van der Waals surface area contributed by atoms with Crippen molar-refractivity contribution in [3.8, 4) is 0 Å². The zero-order valence-electron chi connectivity index (χ0n) is 14.4. The van der Waals surface area contributed by atoms with E-state index in [0.29, 0.717) is 31.5 Å². The van der Waals surface area contributed by atoms with Crippen molar-refractivity contribution in [2.45, 2.75) is 26.0 Å². The molecule has 3 aromatic heterocycles. The van der Waals surface area contributed by atoms with Crippen molar-refractivity contribution in [2.75, 3.05) is 12.3 Å². The van der Waals surface area contributed by atoms with Gasteiger partial charge in [-0.15, -0.1) is 22.9 Å². The first-order valence-corrected chi connectivity index (χ1v) is 9.86. The van der Waals surface area contributed by atoms with Gasteiger partial charge in [-0.25, -0.2) is 9.97 Å². The summed E-state index contributed by atoms with van der Waals surface area (Å²) in [7, 11) is 0. The molecule has 0 radical (unpaired) electrons. The number of pyridine rings is 1. The molecule has 0 aliphatic carbocycles. The van der Waals surface area contributed by atoms with E-state index in [4.69, 9.17) is 27.1 Å². The topological polar surface area (TPSA) is 66.0 Å². The van der Waals surface area contributed by atoms with Crippen LogP contribution in [0.4, 0.5) is 5.82 Å². The number of nitrogens with two attached hydrogens (primary N) is 1. The van der Waals surface area contributed by atoms with Gasteiger partial charge in [-0.2, -0.15) is 0 Å². The van der Waals surface area contributed by atoms with Crippen LogP contribution in [0.15, 0.2) is 35.7 Å². The van der Waals surface area contributed by atoms with Gasteiger partial charge in [-0.3, -0.25) is 0 Å². The number of hydrogen-bond acceptors (Lipinski definition) is 5. The number of thiophene rings is 1. The zero-order chi connectivity index (χ0) is 18.1. The molecule has 2 N–H and O–H groups in total. The Morgan fingerprint density at radius 2 is 1.92 bits per heavy atom. The van der Waals surface area contributed by atoms with Gasteiger partial charge in [0.25, 0.3) is 0 Å². The predicted octanol–water partition coefficient (Wildman–Crippen LogP) is 4.55. The fourth-order valence-electron chi connectivity index (χ4n) is 3.05. The van der Waals surface area contributed by atoms with Crippen LogP contribution in [0.5, 0.6) is 0 Å². The Morgan fingerprint density at radius 3 is 2.65 bits per heavy atom. The second kappa shape index (κ2) is 7.23. The largest absolute Gasteiger partial charge is 0.382 e. The first-order chi connectivity index (χ1) is 12.7. The highest BCUT2D eigenvalue weighted by Crippen LogP contribution is 2.33. The molecule has 4 aromatic rings. The molecule has 0 aliphatic heterocycles. The molecule has 0 unspecified atom stereocenters. The summed E-state index contributed by atoms with van der Waals surface area (Å²) in [5, 5.41) is 2.03.